The predicted molar refractivity (Wildman–Crippen MR) is 169 cm³/mol. The number of nitrogens with one attached hydrogen (secondary N) is 2. The first-order valence-electron chi connectivity index (χ1n) is 14.2. The van der Waals surface area contributed by atoms with Gasteiger partial charge in [0.15, 0.2) is 12.2 Å². The second kappa shape index (κ2) is 19.3. The van der Waals surface area contributed by atoms with Gasteiger partial charge in [-0.1, -0.05) is 111 Å². The lowest BCUT2D eigenvalue weighted by molar-refractivity contribution is -0.163. The van der Waals surface area contributed by atoms with Crippen LogP contribution in [0.5, 0.6) is 0 Å². The number of halogens is 1. The topological polar surface area (TPSA) is 176 Å². The number of carbonyl (C=O) groups excluding carboxylic acids is 4. The van der Waals surface area contributed by atoms with Crippen molar-refractivity contribution in [3.05, 3.63) is 71.8 Å². The fourth-order valence-electron chi connectivity index (χ4n) is 3.81. The van der Waals surface area contributed by atoms with Gasteiger partial charge < -0.3 is 39.4 Å². The van der Waals surface area contributed by atoms with Gasteiger partial charge in [0.2, 0.25) is 0 Å². The number of ether oxygens (including phenoxy) is 5. The number of alkyl carbamates (subject to hydrolysis) is 2. The van der Waals surface area contributed by atoms with Gasteiger partial charge in [-0.15, -0.1) is 0 Å². The summed E-state index contributed by atoms with van der Waals surface area (Å²) < 4.78 is 26.2. The Bertz CT molecular complexity index is 1240. The highest BCUT2D eigenvalue weighted by molar-refractivity contribution is 14.1. The van der Waals surface area contributed by atoms with Crippen LogP contribution in [0, 0.1) is 11.8 Å². The average molecular weight is 743 g/mol. The molecule has 2 unspecified atom stereocenters. The summed E-state index contributed by atoms with van der Waals surface area (Å²) in [7, 11) is 0. The Kier molecular flexibility index (Phi) is 15.9. The van der Waals surface area contributed by atoms with Gasteiger partial charge in [-0.3, -0.25) is 0 Å². The normalized spacial score (nSPS) is 13.5. The van der Waals surface area contributed by atoms with Crippen molar-refractivity contribution in [2.45, 2.75) is 65.2 Å². The Hall–Kier alpha value is -4.08. The fraction of sp³-hybridized carbons (Fsp3) is 0.452. The van der Waals surface area contributed by atoms with Crippen LogP contribution in [0.25, 0.3) is 0 Å². The van der Waals surface area contributed by atoms with Gasteiger partial charge in [-0.2, -0.15) is 0 Å². The van der Waals surface area contributed by atoms with Crippen molar-refractivity contribution >= 4 is 52.9 Å². The minimum absolute atomic E-state index is 0.0131. The summed E-state index contributed by atoms with van der Waals surface area (Å²) in [5, 5.41) is 14.3. The molecular formula is C31H39IN2O11. The van der Waals surface area contributed by atoms with Crippen LogP contribution in [0.15, 0.2) is 60.7 Å². The van der Waals surface area contributed by atoms with Crippen LogP contribution in [-0.4, -0.2) is 70.7 Å². The third-order valence-corrected chi connectivity index (χ3v) is 7.16. The second-order valence-corrected chi connectivity index (χ2v) is 11.4. The van der Waals surface area contributed by atoms with Crippen molar-refractivity contribution in [3.63, 3.8) is 0 Å². The molecule has 2 amide bonds. The van der Waals surface area contributed by atoms with Crippen LogP contribution in [0.3, 0.4) is 0 Å². The third-order valence-electron chi connectivity index (χ3n) is 6.29. The van der Waals surface area contributed by atoms with E-state index in [1.807, 2.05) is 34.7 Å². The summed E-state index contributed by atoms with van der Waals surface area (Å²) in [6.45, 7) is 6.07. The number of esters is 2. The highest BCUT2D eigenvalue weighted by Crippen LogP contribution is 2.15. The van der Waals surface area contributed by atoms with Gasteiger partial charge in [-0.05, 0) is 23.0 Å². The molecule has 0 bridgehead atoms. The monoisotopic (exact) mass is 742 g/mol. The van der Waals surface area contributed by atoms with E-state index in [2.05, 4.69) is 10.6 Å². The van der Waals surface area contributed by atoms with Crippen molar-refractivity contribution in [1.29, 1.82) is 0 Å². The second-order valence-electron chi connectivity index (χ2n) is 10.5. The molecule has 0 saturated heterocycles. The van der Waals surface area contributed by atoms with E-state index in [0.29, 0.717) is 0 Å². The van der Waals surface area contributed by atoms with E-state index in [4.69, 9.17) is 23.7 Å². The molecule has 0 aromatic heterocycles. The number of rotatable bonds is 16. The quantitative estimate of drug-likeness (QED) is 0.0929. The molecule has 0 fully saturated rings. The van der Waals surface area contributed by atoms with Gasteiger partial charge in [0.1, 0.15) is 31.9 Å². The summed E-state index contributed by atoms with van der Waals surface area (Å²) >= 11 is 1.87. The molecule has 0 aliphatic heterocycles. The Labute approximate surface area is 275 Å². The Morgan fingerprint density at radius 2 is 1.11 bits per heavy atom. The molecule has 13 nitrogen and oxygen atoms in total. The van der Waals surface area contributed by atoms with Crippen LogP contribution >= 0.6 is 22.6 Å². The van der Waals surface area contributed by atoms with Gasteiger partial charge in [0.25, 0.3) is 0 Å². The zero-order valence-electron chi connectivity index (χ0n) is 25.5. The lowest BCUT2D eigenvalue weighted by Gasteiger charge is -2.28. The van der Waals surface area contributed by atoms with E-state index in [-0.39, 0.29) is 17.6 Å². The predicted octanol–water partition coefficient (Wildman–Crippen LogP) is 4.84. The van der Waals surface area contributed by atoms with E-state index in [0.717, 1.165) is 11.1 Å². The molecular weight excluding hydrogens is 703 g/mol. The van der Waals surface area contributed by atoms with E-state index in [1.54, 1.807) is 76.2 Å². The first kappa shape index (κ1) is 37.1. The molecule has 0 heterocycles. The van der Waals surface area contributed by atoms with Gasteiger partial charge in [0, 0.05) is 4.43 Å². The van der Waals surface area contributed by atoms with Crippen LogP contribution < -0.4 is 10.6 Å². The number of amides is 2. The summed E-state index contributed by atoms with van der Waals surface area (Å²) in [6, 6.07) is 15.7. The maximum absolute atomic E-state index is 13.1. The van der Waals surface area contributed by atoms with Crippen molar-refractivity contribution < 1.29 is 52.8 Å². The highest BCUT2D eigenvalue weighted by atomic mass is 127. The molecule has 2 aromatic carbocycles. The van der Waals surface area contributed by atoms with Crippen LogP contribution in [0.4, 0.5) is 14.4 Å². The van der Waals surface area contributed by atoms with Crippen molar-refractivity contribution in [2.24, 2.45) is 11.8 Å². The molecule has 0 saturated carbocycles. The molecule has 246 valence electrons. The number of benzene rings is 2. The molecule has 2 aromatic rings. The van der Waals surface area contributed by atoms with E-state index >= 15 is 0 Å². The summed E-state index contributed by atoms with van der Waals surface area (Å²) in [5.41, 5.74) is 1.51. The number of carboxylic acid groups (broad SMARTS) is 1. The van der Waals surface area contributed by atoms with Gasteiger partial charge in [-0.25, -0.2) is 24.0 Å². The Morgan fingerprint density at radius 1 is 0.667 bits per heavy atom. The Balaban J connectivity index is 2.01. The van der Waals surface area contributed by atoms with Crippen LogP contribution in [0.1, 0.15) is 38.8 Å². The molecule has 4 atom stereocenters. The highest BCUT2D eigenvalue weighted by Gasteiger charge is 2.35. The van der Waals surface area contributed by atoms with Crippen LogP contribution in [-0.2, 0) is 46.5 Å². The van der Waals surface area contributed by atoms with Gasteiger partial charge in [0.05, 0.1) is 0 Å². The molecule has 0 aliphatic rings. The first-order chi connectivity index (χ1) is 21.4. The third kappa shape index (κ3) is 13.6. The fourth-order valence-corrected chi connectivity index (χ4v) is 4.56. The maximum Gasteiger partial charge on any atom is 0.506 e. The van der Waals surface area contributed by atoms with E-state index in [1.165, 1.54) is 0 Å². The molecule has 45 heavy (non-hydrogen) atoms. The number of carbonyl (C=O) groups is 5. The molecule has 0 aliphatic carbocycles. The summed E-state index contributed by atoms with van der Waals surface area (Å²) in [4.78, 5) is 62.3. The lowest BCUT2D eigenvalue weighted by Crippen LogP contribution is -2.50. The SMILES string of the molecule is CC(C)[C@H](NC(=O)OCc1ccccc1)C(=O)OCC(OC(=O)O)C(CI)OC(=O)[C@@H](NC(=O)OCc1ccccc1)C(C)C. The zero-order chi connectivity index (χ0) is 33.4. The molecule has 3 N–H and O–H groups in total. The molecule has 0 spiro atoms. The van der Waals surface area contributed by atoms with Crippen molar-refractivity contribution in [1.82, 2.24) is 10.6 Å². The van der Waals surface area contributed by atoms with Crippen molar-refractivity contribution in [3.8, 4) is 0 Å². The number of hydrogen-bond acceptors (Lipinski definition) is 10. The van der Waals surface area contributed by atoms with E-state index in [9.17, 15) is 29.1 Å². The smallest absolute Gasteiger partial charge is 0.460 e. The van der Waals surface area contributed by atoms with Gasteiger partial charge >= 0.3 is 30.3 Å². The first-order valence-corrected chi connectivity index (χ1v) is 15.7. The van der Waals surface area contributed by atoms with Crippen molar-refractivity contribution in [2.75, 3.05) is 11.0 Å². The summed E-state index contributed by atoms with van der Waals surface area (Å²) in [6.07, 6.45) is -5.98. The minimum atomic E-state index is -1.69. The molecule has 0 radical (unpaired) electrons. The molecule has 14 heteroatoms. The minimum Gasteiger partial charge on any atom is -0.460 e. The number of hydrogen-bond donors (Lipinski definition) is 3. The maximum atomic E-state index is 13.1. The summed E-state index contributed by atoms with van der Waals surface area (Å²) in [5.74, 6) is -2.58. The molecule has 2 rings (SSSR count). The number of alkyl halides is 1. The average Bonchev–Trinajstić information content (AvgIpc) is 3.01. The lowest BCUT2D eigenvalue weighted by atomic mass is 10.0. The zero-order valence-corrected chi connectivity index (χ0v) is 27.6. The van der Waals surface area contributed by atoms with Crippen LogP contribution in [0.2, 0.25) is 0 Å². The standard InChI is InChI=1S/C31H39IN2O11/c1-19(2)25(33-29(37)42-16-21-11-7-5-8-12-21)27(35)41-18-24(45-31(39)40)23(15-32)44-28(36)26(20(3)4)34-30(38)43-17-22-13-9-6-10-14-22/h5-14,19-20,23-26H,15-18H2,1-4H3,(H,33,37)(H,34,38)(H,39,40)/t23?,24?,25-,26-/m0/s1. The van der Waals surface area contributed by atoms with E-state index < -0.39 is 73.0 Å². The Morgan fingerprint density at radius 3 is 1.51 bits per heavy atom. The largest absolute Gasteiger partial charge is 0.506 e.